The Morgan fingerprint density at radius 3 is 2.79 bits per heavy atom. The van der Waals surface area contributed by atoms with Gasteiger partial charge in [-0.15, -0.1) is 11.8 Å². The monoisotopic (exact) mass is 604 g/mol. The SMILES string of the molecule is CC(C)(CC=O)CC1=C(CO)[C@@H](c2ccc(OCC3C=CSC3)cc2F)N(C(=O)c2cnccn2)c2cccc(O)c2N1. The molecule has 43 heavy (non-hydrogen) atoms. The van der Waals surface area contributed by atoms with Gasteiger partial charge in [-0.1, -0.05) is 26.0 Å². The fourth-order valence-electron chi connectivity index (χ4n) is 5.28. The number of phenolic OH excluding ortho intramolecular Hbond substituents is 1. The van der Waals surface area contributed by atoms with E-state index in [9.17, 15) is 19.8 Å². The standard InChI is InChI=1S/C32H33FN4O5S/c1-32(2,9-12-38)15-25-23(17-39)30(22-7-6-21(14-24(22)33)42-18-20-8-13-43-19-20)37(31(41)26-16-34-10-11-35-26)27-4-3-5-28(40)29(27)36-25/h3-8,10-14,16,20,30,36,39-40H,9,15,17-19H2,1-2H3/t20?,30-/m1/s1. The number of carbonyl (C=O) groups excluding carboxylic acids is 2. The van der Waals surface area contributed by atoms with E-state index < -0.39 is 29.8 Å². The van der Waals surface area contributed by atoms with Gasteiger partial charge in [0, 0.05) is 53.4 Å². The number of hydrogen-bond acceptors (Lipinski definition) is 9. The average molecular weight is 605 g/mol. The summed E-state index contributed by atoms with van der Waals surface area (Å²) >= 11 is 1.70. The molecule has 1 aromatic heterocycles. The van der Waals surface area contributed by atoms with Crippen molar-refractivity contribution in [2.24, 2.45) is 11.3 Å². The summed E-state index contributed by atoms with van der Waals surface area (Å²) in [5, 5.41) is 27.1. The summed E-state index contributed by atoms with van der Waals surface area (Å²) in [6, 6.07) is 7.98. The molecule has 2 aliphatic heterocycles. The Hall–Kier alpha value is -4.22. The number of aromatic nitrogens is 2. The van der Waals surface area contributed by atoms with Crippen LogP contribution in [0.1, 0.15) is 48.8 Å². The van der Waals surface area contributed by atoms with Gasteiger partial charge < -0.3 is 25.1 Å². The molecule has 11 heteroatoms. The number of carbonyl (C=O) groups is 2. The van der Waals surface area contributed by atoms with Crippen LogP contribution < -0.4 is 15.0 Å². The van der Waals surface area contributed by atoms with Gasteiger partial charge in [-0.2, -0.15) is 0 Å². The molecule has 3 N–H and O–H groups in total. The molecule has 0 spiro atoms. The van der Waals surface area contributed by atoms with Crippen LogP contribution in [0.2, 0.25) is 0 Å². The van der Waals surface area contributed by atoms with Gasteiger partial charge in [0.15, 0.2) is 0 Å². The molecule has 5 rings (SSSR count). The molecule has 224 valence electrons. The summed E-state index contributed by atoms with van der Waals surface area (Å²) in [6.45, 7) is 3.64. The van der Waals surface area contributed by atoms with Crippen LogP contribution in [0, 0.1) is 17.2 Å². The lowest BCUT2D eigenvalue weighted by Gasteiger charge is -2.33. The van der Waals surface area contributed by atoms with Crippen LogP contribution >= 0.6 is 11.8 Å². The number of aldehydes is 1. The molecule has 0 fully saturated rings. The van der Waals surface area contributed by atoms with Crippen LogP contribution in [-0.2, 0) is 4.79 Å². The van der Waals surface area contributed by atoms with Crippen molar-refractivity contribution in [3.05, 3.63) is 94.8 Å². The van der Waals surface area contributed by atoms with E-state index in [1.54, 1.807) is 36.0 Å². The lowest BCUT2D eigenvalue weighted by Crippen LogP contribution is -2.37. The van der Waals surface area contributed by atoms with E-state index in [-0.39, 0.29) is 47.1 Å². The Labute approximate surface area is 253 Å². The third-order valence-corrected chi connectivity index (χ3v) is 8.45. The number of benzene rings is 2. The zero-order valence-electron chi connectivity index (χ0n) is 23.9. The molecule has 3 heterocycles. The normalized spacial score (nSPS) is 18.2. The molecule has 0 saturated carbocycles. The summed E-state index contributed by atoms with van der Waals surface area (Å²) in [7, 11) is 0. The highest BCUT2D eigenvalue weighted by atomic mass is 32.2. The number of anilines is 2. The van der Waals surface area contributed by atoms with E-state index in [2.05, 4.69) is 21.4 Å². The number of rotatable bonds is 10. The first-order valence-electron chi connectivity index (χ1n) is 13.9. The number of aliphatic hydroxyl groups excluding tert-OH is 1. The Bertz CT molecular complexity index is 1560. The van der Waals surface area contributed by atoms with E-state index in [1.807, 2.05) is 19.3 Å². The van der Waals surface area contributed by atoms with E-state index in [1.165, 1.54) is 35.6 Å². The van der Waals surface area contributed by atoms with Gasteiger partial charge >= 0.3 is 0 Å². The maximum atomic E-state index is 16.2. The maximum Gasteiger partial charge on any atom is 0.279 e. The van der Waals surface area contributed by atoms with Crippen molar-refractivity contribution >= 4 is 35.3 Å². The Kier molecular flexibility index (Phi) is 9.12. The van der Waals surface area contributed by atoms with Crippen LogP contribution in [0.3, 0.4) is 0 Å². The highest BCUT2D eigenvalue weighted by Gasteiger charge is 2.39. The summed E-state index contributed by atoms with van der Waals surface area (Å²) in [5.74, 6) is 0.0562. The quantitative estimate of drug-likeness (QED) is 0.199. The fourth-order valence-corrected chi connectivity index (χ4v) is 6.18. The Morgan fingerprint density at radius 2 is 2.12 bits per heavy atom. The van der Waals surface area contributed by atoms with Crippen molar-refractivity contribution in [1.82, 2.24) is 9.97 Å². The minimum Gasteiger partial charge on any atom is -0.506 e. The number of allylic oxidation sites excluding steroid dienone is 1. The van der Waals surface area contributed by atoms with Crippen molar-refractivity contribution in [3.8, 4) is 11.5 Å². The average Bonchev–Trinajstić information content (AvgIpc) is 3.47. The van der Waals surface area contributed by atoms with Crippen molar-refractivity contribution in [3.63, 3.8) is 0 Å². The number of nitrogens with one attached hydrogen (secondary N) is 1. The highest BCUT2D eigenvalue weighted by molar-refractivity contribution is 8.02. The van der Waals surface area contributed by atoms with Gasteiger partial charge in [-0.3, -0.25) is 14.7 Å². The molecular weight excluding hydrogens is 571 g/mol. The molecule has 0 aliphatic carbocycles. The minimum absolute atomic E-state index is 0.00772. The van der Waals surface area contributed by atoms with Crippen LogP contribution in [0.15, 0.2) is 77.7 Å². The number of nitrogens with zero attached hydrogens (tertiary/aromatic N) is 3. The number of aliphatic hydroxyl groups is 1. The number of amides is 1. The van der Waals surface area contributed by atoms with Gasteiger partial charge in [0.2, 0.25) is 0 Å². The number of para-hydroxylation sites is 1. The smallest absolute Gasteiger partial charge is 0.279 e. The number of thioether (sulfide) groups is 1. The number of phenols is 1. The molecule has 0 radical (unpaired) electrons. The predicted molar refractivity (Wildman–Crippen MR) is 163 cm³/mol. The lowest BCUT2D eigenvalue weighted by atomic mass is 9.82. The first-order valence-corrected chi connectivity index (χ1v) is 14.9. The Morgan fingerprint density at radius 1 is 1.28 bits per heavy atom. The molecule has 2 aromatic carbocycles. The van der Waals surface area contributed by atoms with Crippen molar-refractivity contribution in [1.29, 1.82) is 0 Å². The topological polar surface area (TPSA) is 125 Å². The number of hydrogen-bond donors (Lipinski definition) is 3. The molecular formula is C32H33FN4O5S. The minimum atomic E-state index is -1.15. The van der Waals surface area contributed by atoms with E-state index in [4.69, 9.17) is 4.74 Å². The largest absolute Gasteiger partial charge is 0.506 e. The molecule has 2 aliphatic rings. The number of ether oxygens (including phenoxy) is 1. The van der Waals surface area contributed by atoms with E-state index >= 15 is 4.39 Å². The van der Waals surface area contributed by atoms with Crippen molar-refractivity contribution in [2.75, 3.05) is 29.2 Å². The third-order valence-electron chi connectivity index (χ3n) is 7.48. The van der Waals surface area contributed by atoms with Crippen molar-refractivity contribution < 1.29 is 28.9 Å². The van der Waals surface area contributed by atoms with Gasteiger partial charge in [0.1, 0.15) is 35.0 Å². The van der Waals surface area contributed by atoms with Gasteiger partial charge in [0.25, 0.3) is 5.91 Å². The molecule has 0 bridgehead atoms. The Balaban J connectivity index is 1.68. The molecule has 0 saturated heterocycles. The molecule has 9 nitrogen and oxygen atoms in total. The zero-order chi connectivity index (χ0) is 30.6. The van der Waals surface area contributed by atoms with Crippen LogP contribution in [0.5, 0.6) is 11.5 Å². The van der Waals surface area contributed by atoms with E-state index in [0.717, 1.165) is 12.0 Å². The van der Waals surface area contributed by atoms with Gasteiger partial charge in [-0.25, -0.2) is 9.37 Å². The van der Waals surface area contributed by atoms with Crippen molar-refractivity contribution in [2.45, 2.75) is 32.7 Å². The summed E-state index contributed by atoms with van der Waals surface area (Å²) in [5.41, 5.74) is 0.745. The second kappa shape index (κ2) is 13.0. The summed E-state index contributed by atoms with van der Waals surface area (Å²) < 4.78 is 22.1. The summed E-state index contributed by atoms with van der Waals surface area (Å²) in [4.78, 5) is 35.2. The van der Waals surface area contributed by atoms with Gasteiger partial charge in [-0.05, 0) is 41.5 Å². The third kappa shape index (κ3) is 6.57. The molecule has 3 aromatic rings. The zero-order valence-corrected chi connectivity index (χ0v) is 24.7. The molecule has 1 unspecified atom stereocenters. The fraction of sp³-hybridized carbons (Fsp3) is 0.312. The lowest BCUT2D eigenvalue weighted by molar-refractivity contribution is -0.109. The molecule has 2 atom stereocenters. The number of halogens is 1. The van der Waals surface area contributed by atoms with Crippen LogP contribution in [0.4, 0.5) is 15.8 Å². The van der Waals surface area contributed by atoms with E-state index in [0.29, 0.717) is 23.6 Å². The highest BCUT2D eigenvalue weighted by Crippen LogP contribution is 2.48. The maximum absolute atomic E-state index is 16.2. The number of aromatic hydroxyl groups is 1. The first-order chi connectivity index (χ1) is 20.7. The number of fused-ring (bicyclic) bond motifs is 1. The van der Waals surface area contributed by atoms with Gasteiger partial charge in [0.05, 0.1) is 31.1 Å². The first kappa shape index (κ1) is 30.2. The second-order valence-corrected chi connectivity index (χ2v) is 12.2. The van der Waals surface area contributed by atoms with Crippen LogP contribution in [-0.4, -0.2) is 51.3 Å². The van der Waals surface area contributed by atoms with Crippen LogP contribution in [0.25, 0.3) is 0 Å². The predicted octanol–water partition coefficient (Wildman–Crippen LogP) is 5.64. The second-order valence-electron chi connectivity index (χ2n) is 11.3. The summed E-state index contributed by atoms with van der Waals surface area (Å²) in [6.07, 6.45) is 7.47. The molecule has 1 amide bonds.